The zero-order valence-electron chi connectivity index (χ0n) is 9.34. The zero-order valence-corrected chi connectivity index (χ0v) is 10.2. The summed E-state index contributed by atoms with van der Waals surface area (Å²) in [6, 6.07) is 2.29. The molecular formula is C11H20N2S. The van der Waals surface area contributed by atoms with Gasteiger partial charge in [0.15, 0.2) is 0 Å². The number of rotatable bonds is 5. The van der Waals surface area contributed by atoms with Gasteiger partial charge in [0.25, 0.3) is 0 Å². The van der Waals surface area contributed by atoms with Gasteiger partial charge in [0.1, 0.15) is 0 Å². The monoisotopic (exact) mass is 212 g/mol. The van der Waals surface area contributed by atoms with Crippen molar-refractivity contribution >= 4 is 11.3 Å². The van der Waals surface area contributed by atoms with Crippen LogP contribution >= 0.6 is 11.3 Å². The number of aryl methyl sites for hydroxylation is 2. The number of nitrogens with two attached hydrogens (primary N) is 1. The molecule has 0 saturated carbocycles. The molecule has 0 unspecified atom stereocenters. The van der Waals surface area contributed by atoms with E-state index >= 15 is 0 Å². The summed E-state index contributed by atoms with van der Waals surface area (Å²) in [4.78, 5) is 5.27. The van der Waals surface area contributed by atoms with E-state index in [-0.39, 0.29) is 0 Å². The summed E-state index contributed by atoms with van der Waals surface area (Å²) in [5, 5.41) is 0. The topological polar surface area (TPSA) is 29.3 Å². The first-order valence-corrected chi connectivity index (χ1v) is 5.97. The first kappa shape index (κ1) is 11.7. The third-order valence-corrected chi connectivity index (χ3v) is 3.63. The minimum Gasteiger partial charge on any atom is -0.329 e. The van der Waals surface area contributed by atoms with Crippen LogP contribution in [0.1, 0.15) is 22.2 Å². The van der Waals surface area contributed by atoms with Crippen molar-refractivity contribution in [3.05, 3.63) is 21.4 Å². The summed E-state index contributed by atoms with van der Waals surface area (Å²) in [5.41, 5.74) is 6.97. The van der Waals surface area contributed by atoms with Crippen molar-refractivity contribution < 1.29 is 0 Å². The second-order valence-corrected chi connectivity index (χ2v) is 4.95. The molecule has 1 rings (SSSR count). The number of likely N-dealkylation sites (N-methyl/N-ethyl adjacent to an activating group) is 1. The lowest BCUT2D eigenvalue weighted by Crippen LogP contribution is -2.28. The molecule has 0 amide bonds. The van der Waals surface area contributed by atoms with E-state index in [1.54, 1.807) is 0 Å². The highest BCUT2D eigenvalue weighted by molar-refractivity contribution is 7.12. The van der Waals surface area contributed by atoms with Crippen molar-refractivity contribution in [3.63, 3.8) is 0 Å². The van der Waals surface area contributed by atoms with Crippen molar-refractivity contribution in [2.45, 2.75) is 27.3 Å². The molecule has 0 aromatic carbocycles. The molecule has 0 saturated heterocycles. The van der Waals surface area contributed by atoms with Gasteiger partial charge in [-0.25, -0.2) is 0 Å². The van der Waals surface area contributed by atoms with Gasteiger partial charge in [0, 0.05) is 29.4 Å². The van der Waals surface area contributed by atoms with Gasteiger partial charge in [-0.1, -0.05) is 6.92 Å². The third kappa shape index (κ3) is 3.08. The van der Waals surface area contributed by atoms with Crippen LogP contribution in [0.4, 0.5) is 0 Å². The average molecular weight is 212 g/mol. The quantitative estimate of drug-likeness (QED) is 0.810. The van der Waals surface area contributed by atoms with Gasteiger partial charge in [-0.2, -0.15) is 0 Å². The molecule has 1 heterocycles. The minimum absolute atomic E-state index is 0.747. The fourth-order valence-corrected chi connectivity index (χ4v) is 2.58. The smallest absolute Gasteiger partial charge is 0.0328 e. The largest absolute Gasteiger partial charge is 0.329 e. The van der Waals surface area contributed by atoms with Crippen molar-refractivity contribution in [1.29, 1.82) is 0 Å². The van der Waals surface area contributed by atoms with E-state index in [9.17, 15) is 0 Å². The van der Waals surface area contributed by atoms with Gasteiger partial charge < -0.3 is 5.73 Å². The van der Waals surface area contributed by atoms with Crippen molar-refractivity contribution in [1.82, 2.24) is 4.90 Å². The van der Waals surface area contributed by atoms with E-state index in [1.807, 2.05) is 11.3 Å². The van der Waals surface area contributed by atoms with Crippen LogP contribution in [0.15, 0.2) is 6.07 Å². The maximum atomic E-state index is 5.56. The van der Waals surface area contributed by atoms with E-state index in [2.05, 4.69) is 31.7 Å². The predicted molar refractivity (Wildman–Crippen MR) is 63.8 cm³/mol. The molecule has 1 aromatic heterocycles. The summed E-state index contributed by atoms with van der Waals surface area (Å²) < 4.78 is 0. The van der Waals surface area contributed by atoms with E-state index in [4.69, 9.17) is 5.73 Å². The minimum atomic E-state index is 0.747. The Balaban J connectivity index is 2.57. The van der Waals surface area contributed by atoms with Gasteiger partial charge >= 0.3 is 0 Å². The molecule has 14 heavy (non-hydrogen) atoms. The average Bonchev–Trinajstić information content (AvgIpc) is 2.45. The molecule has 0 radical (unpaired) electrons. The van der Waals surface area contributed by atoms with Gasteiger partial charge in [0.2, 0.25) is 0 Å². The van der Waals surface area contributed by atoms with Gasteiger partial charge in [-0.05, 0) is 32.0 Å². The van der Waals surface area contributed by atoms with E-state index in [1.165, 1.54) is 15.3 Å². The highest BCUT2D eigenvalue weighted by Gasteiger charge is 2.06. The van der Waals surface area contributed by atoms with Crippen LogP contribution in [0.5, 0.6) is 0 Å². The molecule has 3 heteroatoms. The van der Waals surface area contributed by atoms with Crippen LogP contribution in [0.2, 0.25) is 0 Å². The Bertz CT molecular complexity index is 261. The van der Waals surface area contributed by atoms with Crippen molar-refractivity contribution in [3.8, 4) is 0 Å². The van der Waals surface area contributed by atoms with Crippen LogP contribution in [0.25, 0.3) is 0 Å². The van der Waals surface area contributed by atoms with Crippen LogP contribution in [0.3, 0.4) is 0 Å². The highest BCUT2D eigenvalue weighted by Crippen LogP contribution is 2.21. The summed E-state index contributed by atoms with van der Waals surface area (Å²) in [6.07, 6.45) is 0. The normalized spacial score (nSPS) is 11.2. The lowest BCUT2D eigenvalue weighted by Gasteiger charge is -2.17. The Labute approximate surface area is 90.7 Å². The number of thiophene rings is 1. The molecular weight excluding hydrogens is 192 g/mol. The number of hydrogen-bond donors (Lipinski definition) is 1. The number of nitrogens with zero attached hydrogens (tertiary/aromatic N) is 1. The van der Waals surface area contributed by atoms with Crippen molar-refractivity contribution in [2.24, 2.45) is 5.73 Å². The van der Waals surface area contributed by atoms with Crippen LogP contribution in [0, 0.1) is 13.8 Å². The molecule has 0 atom stereocenters. The molecule has 0 aliphatic heterocycles. The van der Waals surface area contributed by atoms with Crippen molar-refractivity contribution in [2.75, 3.05) is 19.6 Å². The van der Waals surface area contributed by atoms with Crippen LogP contribution in [-0.2, 0) is 6.54 Å². The lowest BCUT2D eigenvalue weighted by molar-refractivity contribution is 0.290. The molecule has 1 aromatic rings. The van der Waals surface area contributed by atoms with Crippen LogP contribution in [-0.4, -0.2) is 24.5 Å². The fraction of sp³-hybridized carbons (Fsp3) is 0.636. The lowest BCUT2D eigenvalue weighted by atomic mass is 10.3. The summed E-state index contributed by atoms with van der Waals surface area (Å²) in [7, 11) is 0. The SMILES string of the molecule is CCN(CCN)Cc1cc(C)c(C)s1. The molecule has 0 bridgehead atoms. The summed E-state index contributed by atoms with van der Waals surface area (Å²) >= 11 is 1.90. The Morgan fingerprint density at radius 2 is 2.14 bits per heavy atom. The molecule has 2 nitrogen and oxygen atoms in total. The first-order valence-electron chi connectivity index (χ1n) is 5.15. The Morgan fingerprint density at radius 3 is 2.57 bits per heavy atom. The summed E-state index contributed by atoms with van der Waals surface area (Å²) in [6.45, 7) is 10.4. The van der Waals surface area contributed by atoms with E-state index in [0.717, 1.165) is 26.2 Å². The highest BCUT2D eigenvalue weighted by atomic mass is 32.1. The second-order valence-electron chi connectivity index (χ2n) is 3.61. The predicted octanol–water partition coefficient (Wildman–Crippen LogP) is 2.15. The van der Waals surface area contributed by atoms with Crippen LogP contribution < -0.4 is 5.73 Å². The molecule has 0 aliphatic carbocycles. The molecule has 0 fully saturated rings. The Kier molecular flexibility index (Phi) is 4.58. The van der Waals surface area contributed by atoms with Gasteiger partial charge in [-0.15, -0.1) is 11.3 Å². The standard InChI is InChI=1S/C11H20N2S/c1-4-13(6-5-12)8-11-7-9(2)10(3)14-11/h7H,4-6,8,12H2,1-3H3. The molecule has 80 valence electrons. The number of hydrogen-bond acceptors (Lipinski definition) is 3. The second kappa shape index (κ2) is 5.49. The maximum Gasteiger partial charge on any atom is 0.0328 e. The third-order valence-electron chi connectivity index (χ3n) is 2.49. The van der Waals surface area contributed by atoms with Gasteiger partial charge in [-0.3, -0.25) is 4.90 Å². The van der Waals surface area contributed by atoms with E-state index in [0.29, 0.717) is 0 Å². The Morgan fingerprint density at radius 1 is 1.43 bits per heavy atom. The summed E-state index contributed by atoms with van der Waals surface area (Å²) in [5.74, 6) is 0. The Hall–Kier alpha value is -0.380. The van der Waals surface area contributed by atoms with Gasteiger partial charge in [0.05, 0.1) is 0 Å². The zero-order chi connectivity index (χ0) is 10.6. The first-order chi connectivity index (χ1) is 6.67. The fourth-order valence-electron chi connectivity index (χ4n) is 1.48. The van der Waals surface area contributed by atoms with E-state index < -0.39 is 0 Å². The molecule has 0 aliphatic rings. The maximum absolute atomic E-state index is 5.56. The molecule has 2 N–H and O–H groups in total. The molecule has 0 spiro atoms.